The van der Waals surface area contributed by atoms with E-state index in [9.17, 15) is 4.39 Å². The largest absolute Gasteiger partial charge is 0.206 e. The van der Waals surface area contributed by atoms with Crippen molar-refractivity contribution < 1.29 is 4.39 Å². The van der Waals surface area contributed by atoms with Gasteiger partial charge in [-0.3, -0.25) is 0 Å². The number of rotatable bonds is 1. The van der Waals surface area contributed by atoms with Crippen LogP contribution in [0.25, 0.3) is 11.1 Å². The monoisotopic (exact) mass is 268 g/mol. The molecular weight excluding hydrogens is 258 g/mol. The highest BCUT2D eigenvalue weighted by Gasteiger charge is 2.11. The van der Waals surface area contributed by atoms with Gasteiger partial charge in [0.05, 0.1) is 0 Å². The molecule has 0 aliphatic heterocycles. The van der Waals surface area contributed by atoms with Crippen LogP contribution in [0, 0.1) is 19.7 Å². The van der Waals surface area contributed by atoms with Gasteiger partial charge < -0.3 is 0 Å². The summed E-state index contributed by atoms with van der Waals surface area (Å²) in [6, 6.07) is 8.42. The fraction of sp³-hybridized carbons (Fsp3) is 0.143. The first-order valence-electron chi connectivity index (χ1n) is 5.21. The van der Waals surface area contributed by atoms with Gasteiger partial charge >= 0.3 is 0 Å². The number of benzene rings is 2. The lowest BCUT2D eigenvalue weighted by Gasteiger charge is -2.09. The molecule has 0 aliphatic rings. The Bertz CT molecular complexity index is 577. The van der Waals surface area contributed by atoms with Gasteiger partial charge in [0.1, 0.15) is 5.82 Å². The highest BCUT2D eigenvalue weighted by Crippen LogP contribution is 2.34. The average Bonchev–Trinajstić information content (AvgIpc) is 2.27. The van der Waals surface area contributed by atoms with Crippen LogP contribution in [-0.4, -0.2) is 0 Å². The SMILES string of the molecule is Cc1ccc(F)c(-c2cc(C)c(Cl)cc2Cl)c1. The van der Waals surface area contributed by atoms with Crippen LogP contribution < -0.4 is 0 Å². The molecule has 0 nitrogen and oxygen atoms in total. The zero-order valence-corrected chi connectivity index (χ0v) is 11.0. The lowest BCUT2D eigenvalue weighted by molar-refractivity contribution is 0.631. The minimum absolute atomic E-state index is 0.278. The summed E-state index contributed by atoms with van der Waals surface area (Å²) in [6.45, 7) is 3.79. The van der Waals surface area contributed by atoms with Crippen molar-refractivity contribution in [3.05, 3.63) is 57.3 Å². The fourth-order valence-corrected chi connectivity index (χ4v) is 2.19. The van der Waals surface area contributed by atoms with E-state index in [0.717, 1.165) is 11.1 Å². The van der Waals surface area contributed by atoms with E-state index in [1.54, 1.807) is 18.2 Å². The molecule has 0 saturated heterocycles. The first-order chi connectivity index (χ1) is 7.99. The molecule has 0 saturated carbocycles. The van der Waals surface area contributed by atoms with E-state index in [1.807, 2.05) is 19.9 Å². The minimum Gasteiger partial charge on any atom is -0.206 e. The topological polar surface area (TPSA) is 0 Å². The van der Waals surface area contributed by atoms with Crippen LogP contribution in [0.4, 0.5) is 4.39 Å². The van der Waals surface area contributed by atoms with Crippen LogP contribution in [0.5, 0.6) is 0 Å². The van der Waals surface area contributed by atoms with Crippen LogP contribution in [-0.2, 0) is 0 Å². The molecule has 0 amide bonds. The third kappa shape index (κ3) is 2.46. The summed E-state index contributed by atoms with van der Waals surface area (Å²) >= 11 is 12.1. The smallest absolute Gasteiger partial charge is 0.131 e. The quantitative estimate of drug-likeness (QED) is 0.648. The Hall–Kier alpha value is -1.05. The molecule has 0 spiro atoms. The molecule has 2 aromatic rings. The van der Waals surface area contributed by atoms with Crippen molar-refractivity contribution in [3.8, 4) is 11.1 Å². The summed E-state index contributed by atoms with van der Waals surface area (Å²) in [4.78, 5) is 0. The maximum Gasteiger partial charge on any atom is 0.131 e. The first-order valence-corrected chi connectivity index (χ1v) is 5.97. The van der Waals surface area contributed by atoms with Crippen molar-refractivity contribution in [2.75, 3.05) is 0 Å². The van der Waals surface area contributed by atoms with Gasteiger partial charge in [0.2, 0.25) is 0 Å². The number of halogens is 3. The number of aryl methyl sites for hydroxylation is 2. The lowest BCUT2D eigenvalue weighted by Crippen LogP contribution is -1.88. The molecule has 0 heterocycles. The van der Waals surface area contributed by atoms with Crippen molar-refractivity contribution in [2.24, 2.45) is 0 Å². The van der Waals surface area contributed by atoms with Gasteiger partial charge in [0, 0.05) is 21.2 Å². The van der Waals surface area contributed by atoms with Crippen LogP contribution in [0.3, 0.4) is 0 Å². The molecule has 0 bridgehead atoms. The minimum atomic E-state index is -0.278. The summed E-state index contributed by atoms with van der Waals surface area (Å²) in [6.07, 6.45) is 0. The Morgan fingerprint density at radius 3 is 2.29 bits per heavy atom. The third-order valence-electron chi connectivity index (χ3n) is 2.66. The van der Waals surface area contributed by atoms with Crippen LogP contribution >= 0.6 is 23.2 Å². The van der Waals surface area contributed by atoms with Gasteiger partial charge in [-0.2, -0.15) is 0 Å². The van der Waals surface area contributed by atoms with Gasteiger partial charge in [0.15, 0.2) is 0 Å². The van der Waals surface area contributed by atoms with Crippen LogP contribution in [0.1, 0.15) is 11.1 Å². The normalized spacial score (nSPS) is 10.6. The lowest BCUT2D eigenvalue weighted by atomic mass is 10.0. The van der Waals surface area contributed by atoms with Gasteiger partial charge in [-0.1, -0.05) is 34.8 Å². The zero-order chi connectivity index (χ0) is 12.6. The Labute approximate surface area is 110 Å². The van der Waals surface area contributed by atoms with Crippen molar-refractivity contribution in [3.63, 3.8) is 0 Å². The van der Waals surface area contributed by atoms with E-state index >= 15 is 0 Å². The molecule has 0 unspecified atom stereocenters. The molecule has 0 N–H and O–H groups in total. The predicted octanol–water partition coefficient (Wildman–Crippen LogP) is 5.42. The average molecular weight is 269 g/mol. The van der Waals surface area contributed by atoms with E-state index in [4.69, 9.17) is 23.2 Å². The summed E-state index contributed by atoms with van der Waals surface area (Å²) < 4.78 is 13.8. The van der Waals surface area contributed by atoms with Crippen molar-refractivity contribution >= 4 is 23.2 Å². The van der Waals surface area contributed by atoms with Gasteiger partial charge in [-0.05, 0) is 43.7 Å². The zero-order valence-electron chi connectivity index (χ0n) is 9.52. The molecule has 0 atom stereocenters. The Morgan fingerprint density at radius 1 is 0.882 bits per heavy atom. The van der Waals surface area contributed by atoms with Crippen molar-refractivity contribution in [1.82, 2.24) is 0 Å². The molecule has 88 valence electrons. The Kier molecular flexibility index (Phi) is 3.41. The predicted molar refractivity (Wildman–Crippen MR) is 71.3 cm³/mol. The number of hydrogen-bond acceptors (Lipinski definition) is 0. The van der Waals surface area contributed by atoms with E-state index in [-0.39, 0.29) is 5.82 Å². The van der Waals surface area contributed by atoms with E-state index in [1.165, 1.54) is 6.07 Å². The maximum atomic E-state index is 13.8. The third-order valence-corrected chi connectivity index (χ3v) is 3.38. The fourth-order valence-electron chi connectivity index (χ4n) is 1.71. The van der Waals surface area contributed by atoms with Gasteiger partial charge in [0.25, 0.3) is 0 Å². The van der Waals surface area contributed by atoms with E-state index < -0.39 is 0 Å². The summed E-state index contributed by atoms with van der Waals surface area (Å²) in [5, 5.41) is 1.05. The second-order valence-electron chi connectivity index (χ2n) is 4.06. The summed E-state index contributed by atoms with van der Waals surface area (Å²) in [5.41, 5.74) is 3.06. The highest BCUT2D eigenvalue weighted by atomic mass is 35.5. The molecule has 0 aliphatic carbocycles. The molecular formula is C14H11Cl2F. The van der Waals surface area contributed by atoms with Gasteiger partial charge in [-0.15, -0.1) is 0 Å². The molecule has 0 fully saturated rings. The maximum absolute atomic E-state index is 13.8. The molecule has 2 aromatic carbocycles. The van der Waals surface area contributed by atoms with Crippen LogP contribution in [0.2, 0.25) is 10.0 Å². The second kappa shape index (κ2) is 4.67. The summed E-state index contributed by atoms with van der Waals surface area (Å²) in [5.74, 6) is -0.278. The molecule has 17 heavy (non-hydrogen) atoms. The Morgan fingerprint density at radius 2 is 1.59 bits per heavy atom. The molecule has 0 aromatic heterocycles. The standard InChI is InChI=1S/C14H11Cl2F/c1-8-3-4-14(17)11(5-8)10-6-9(2)12(15)7-13(10)16/h3-7H,1-2H3. The molecule has 2 rings (SSSR count). The molecule has 0 radical (unpaired) electrons. The van der Waals surface area contributed by atoms with Crippen molar-refractivity contribution in [2.45, 2.75) is 13.8 Å². The van der Waals surface area contributed by atoms with Gasteiger partial charge in [-0.25, -0.2) is 4.39 Å². The van der Waals surface area contributed by atoms with Crippen molar-refractivity contribution in [1.29, 1.82) is 0 Å². The van der Waals surface area contributed by atoms with Crippen LogP contribution in [0.15, 0.2) is 30.3 Å². The second-order valence-corrected chi connectivity index (χ2v) is 4.88. The van der Waals surface area contributed by atoms with E-state index in [0.29, 0.717) is 21.2 Å². The Balaban J connectivity index is 2.68. The summed E-state index contributed by atoms with van der Waals surface area (Å²) in [7, 11) is 0. The molecule has 3 heteroatoms. The van der Waals surface area contributed by atoms with E-state index in [2.05, 4.69) is 0 Å². The highest BCUT2D eigenvalue weighted by molar-refractivity contribution is 6.36. The first kappa shape index (κ1) is 12.4. The number of hydrogen-bond donors (Lipinski definition) is 0.